The molecule has 0 bridgehead atoms. The van der Waals surface area contributed by atoms with Crippen LogP contribution in [0.25, 0.3) is 0 Å². The molecule has 0 heterocycles. The Morgan fingerprint density at radius 1 is 1.47 bits per heavy atom. The number of aliphatic hydroxyl groups is 1. The number of aliphatic hydroxyl groups excluding tert-OH is 1. The molecule has 0 aliphatic heterocycles. The first kappa shape index (κ1) is 15.9. The van der Waals surface area contributed by atoms with Crippen molar-refractivity contribution in [1.29, 1.82) is 0 Å². The van der Waals surface area contributed by atoms with Crippen LogP contribution in [-0.4, -0.2) is 49.8 Å². The van der Waals surface area contributed by atoms with Crippen molar-refractivity contribution < 1.29 is 9.90 Å². The predicted octanol–water partition coefficient (Wildman–Crippen LogP) is 1.60. The van der Waals surface area contributed by atoms with E-state index in [0.29, 0.717) is 12.0 Å². The molecular weight excluding hydrogens is 260 g/mol. The number of nitrogens with zero attached hydrogens (tertiary/aromatic N) is 1. The molecule has 5 heteroatoms. The molecule has 1 amide bonds. The Bertz CT molecular complexity index is 404. The predicted molar refractivity (Wildman–Crippen MR) is 82.1 cm³/mol. The lowest BCUT2D eigenvalue weighted by Gasteiger charge is -2.18. The second kappa shape index (κ2) is 8.07. The minimum atomic E-state index is -0.0869. The van der Waals surface area contributed by atoms with E-state index >= 15 is 0 Å². The third kappa shape index (κ3) is 5.12. The summed E-state index contributed by atoms with van der Waals surface area (Å²) in [6, 6.07) is 7.52. The van der Waals surface area contributed by atoms with Crippen molar-refractivity contribution in [2.75, 3.05) is 37.6 Å². The molecule has 2 N–H and O–H groups in total. The Morgan fingerprint density at radius 2 is 2.21 bits per heavy atom. The molecule has 0 spiro atoms. The number of nitrogens with one attached hydrogen (secondary N) is 1. The van der Waals surface area contributed by atoms with Gasteiger partial charge in [0.05, 0.1) is 0 Å². The van der Waals surface area contributed by atoms with E-state index in [1.165, 1.54) is 0 Å². The smallest absolute Gasteiger partial charge is 0.251 e. The fraction of sp³-hybridized carbons (Fsp3) is 0.500. The number of amides is 1. The van der Waals surface area contributed by atoms with Gasteiger partial charge in [0.1, 0.15) is 0 Å². The molecule has 1 atom stereocenters. The van der Waals surface area contributed by atoms with Gasteiger partial charge in [-0.25, -0.2) is 0 Å². The molecule has 1 aromatic carbocycles. The fourth-order valence-corrected chi connectivity index (χ4v) is 2.40. The van der Waals surface area contributed by atoms with E-state index in [-0.39, 0.29) is 18.6 Å². The van der Waals surface area contributed by atoms with Crippen LogP contribution in [0.3, 0.4) is 0 Å². The van der Waals surface area contributed by atoms with Gasteiger partial charge in [0, 0.05) is 43.7 Å². The lowest BCUT2D eigenvalue weighted by molar-refractivity contribution is 0.0935. The Balaban J connectivity index is 2.73. The third-order valence-electron chi connectivity index (χ3n) is 2.81. The molecule has 0 saturated heterocycles. The molecule has 106 valence electrons. The molecule has 0 saturated carbocycles. The second-order valence-corrected chi connectivity index (χ2v) is 5.49. The molecule has 0 aliphatic rings. The molecule has 1 aromatic rings. The highest BCUT2D eigenvalue weighted by Gasteiger charge is 2.13. The highest BCUT2D eigenvalue weighted by atomic mass is 32.2. The van der Waals surface area contributed by atoms with Crippen molar-refractivity contribution in [3.8, 4) is 0 Å². The van der Waals surface area contributed by atoms with Crippen LogP contribution in [0.1, 0.15) is 16.8 Å². The summed E-state index contributed by atoms with van der Waals surface area (Å²) in [7, 11) is 3.89. The zero-order valence-corrected chi connectivity index (χ0v) is 12.5. The van der Waals surface area contributed by atoms with Crippen LogP contribution in [-0.2, 0) is 0 Å². The van der Waals surface area contributed by atoms with Crippen LogP contribution in [0.4, 0.5) is 5.69 Å². The first-order chi connectivity index (χ1) is 9.08. The largest absolute Gasteiger partial charge is 0.396 e. The highest BCUT2D eigenvalue weighted by Crippen LogP contribution is 2.13. The Kier molecular flexibility index (Phi) is 6.73. The van der Waals surface area contributed by atoms with Gasteiger partial charge in [-0.05, 0) is 30.9 Å². The topological polar surface area (TPSA) is 52.6 Å². The maximum atomic E-state index is 12.2. The Hall–Kier alpha value is -1.20. The van der Waals surface area contributed by atoms with Gasteiger partial charge in [-0.2, -0.15) is 11.8 Å². The quantitative estimate of drug-likeness (QED) is 0.797. The maximum Gasteiger partial charge on any atom is 0.251 e. The molecule has 4 nitrogen and oxygen atoms in total. The molecule has 0 fully saturated rings. The first-order valence-electron chi connectivity index (χ1n) is 6.26. The summed E-state index contributed by atoms with van der Waals surface area (Å²) in [5.41, 5.74) is 1.64. The first-order valence-corrected chi connectivity index (χ1v) is 7.66. The van der Waals surface area contributed by atoms with Crippen molar-refractivity contribution in [3.63, 3.8) is 0 Å². The van der Waals surface area contributed by atoms with E-state index in [9.17, 15) is 4.79 Å². The maximum absolute atomic E-state index is 12.2. The summed E-state index contributed by atoms with van der Waals surface area (Å²) in [5.74, 6) is 0.718. The minimum Gasteiger partial charge on any atom is -0.396 e. The van der Waals surface area contributed by atoms with Crippen LogP contribution in [0, 0.1) is 0 Å². The summed E-state index contributed by atoms with van der Waals surface area (Å²) < 4.78 is 0. The van der Waals surface area contributed by atoms with Gasteiger partial charge >= 0.3 is 0 Å². The summed E-state index contributed by atoms with van der Waals surface area (Å²) >= 11 is 1.66. The highest BCUT2D eigenvalue weighted by molar-refractivity contribution is 7.98. The SMILES string of the molecule is CSCC(CCO)NC(=O)c1cccc(N(C)C)c1. The summed E-state index contributed by atoms with van der Waals surface area (Å²) in [4.78, 5) is 14.1. The van der Waals surface area contributed by atoms with Gasteiger partial charge < -0.3 is 15.3 Å². The summed E-state index contributed by atoms with van der Waals surface area (Å²) in [6.45, 7) is 0.0866. The van der Waals surface area contributed by atoms with Crippen LogP contribution < -0.4 is 10.2 Å². The zero-order valence-electron chi connectivity index (χ0n) is 11.7. The number of hydrogen-bond donors (Lipinski definition) is 2. The zero-order chi connectivity index (χ0) is 14.3. The Morgan fingerprint density at radius 3 is 2.79 bits per heavy atom. The van der Waals surface area contributed by atoms with Crippen LogP contribution in [0.2, 0.25) is 0 Å². The number of benzene rings is 1. The van der Waals surface area contributed by atoms with Crippen molar-refractivity contribution in [2.45, 2.75) is 12.5 Å². The lowest BCUT2D eigenvalue weighted by Crippen LogP contribution is -2.37. The lowest BCUT2D eigenvalue weighted by atomic mass is 10.1. The monoisotopic (exact) mass is 282 g/mol. The molecule has 19 heavy (non-hydrogen) atoms. The van der Waals surface area contributed by atoms with Gasteiger partial charge in [-0.1, -0.05) is 6.07 Å². The van der Waals surface area contributed by atoms with E-state index in [1.54, 1.807) is 17.8 Å². The average Bonchev–Trinajstić information content (AvgIpc) is 2.39. The van der Waals surface area contributed by atoms with E-state index in [2.05, 4.69) is 5.32 Å². The summed E-state index contributed by atoms with van der Waals surface area (Å²) in [6.07, 6.45) is 2.57. The van der Waals surface area contributed by atoms with Gasteiger partial charge in [-0.15, -0.1) is 0 Å². The standard InChI is InChI=1S/C14H22N2O2S/c1-16(2)13-6-4-5-11(9-13)14(18)15-12(7-8-17)10-19-3/h4-6,9,12,17H,7-8,10H2,1-3H3,(H,15,18). The average molecular weight is 282 g/mol. The molecule has 1 unspecified atom stereocenters. The van der Waals surface area contributed by atoms with Crippen LogP contribution in [0.5, 0.6) is 0 Å². The van der Waals surface area contributed by atoms with Crippen LogP contribution in [0.15, 0.2) is 24.3 Å². The van der Waals surface area contributed by atoms with Crippen molar-refractivity contribution in [1.82, 2.24) is 5.32 Å². The fourth-order valence-electron chi connectivity index (χ4n) is 1.75. The second-order valence-electron chi connectivity index (χ2n) is 4.58. The normalized spacial score (nSPS) is 12.0. The number of thioether (sulfide) groups is 1. The van der Waals surface area contributed by atoms with E-state index in [0.717, 1.165) is 11.4 Å². The van der Waals surface area contributed by atoms with Gasteiger partial charge in [0.2, 0.25) is 0 Å². The van der Waals surface area contributed by atoms with Crippen LogP contribution >= 0.6 is 11.8 Å². The molecule has 0 radical (unpaired) electrons. The van der Waals surface area contributed by atoms with Gasteiger partial charge in [0.25, 0.3) is 5.91 Å². The Labute approximate surface area is 119 Å². The van der Waals surface area contributed by atoms with Crippen molar-refractivity contribution in [3.05, 3.63) is 29.8 Å². The number of anilines is 1. The van der Waals surface area contributed by atoms with E-state index in [1.807, 2.05) is 43.5 Å². The van der Waals surface area contributed by atoms with Crippen molar-refractivity contribution in [2.24, 2.45) is 0 Å². The number of hydrogen-bond acceptors (Lipinski definition) is 4. The summed E-state index contributed by atoms with van der Waals surface area (Å²) in [5, 5.41) is 12.0. The van der Waals surface area contributed by atoms with Gasteiger partial charge in [-0.3, -0.25) is 4.79 Å². The van der Waals surface area contributed by atoms with E-state index < -0.39 is 0 Å². The molecule has 0 aliphatic carbocycles. The number of carbonyl (C=O) groups is 1. The van der Waals surface area contributed by atoms with E-state index in [4.69, 9.17) is 5.11 Å². The van der Waals surface area contributed by atoms with Gasteiger partial charge in [0.15, 0.2) is 0 Å². The van der Waals surface area contributed by atoms with Crippen molar-refractivity contribution >= 4 is 23.4 Å². The molecule has 1 rings (SSSR count). The minimum absolute atomic E-state index is 0.00973. The number of carbonyl (C=O) groups excluding carboxylic acids is 1. The molecule has 0 aromatic heterocycles. The third-order valence-corrected chi connectivity index (χ3v) is 3.54. The molecular formula is C14H22N2O2S. The number of rotatable bonds is 7.